The van der Waals surface area contributed by atoms with E-state index in [0.29, 0.717) is 28.8 Å². The highest BCUT2D eigenvalue weighted by molar-refractivity contribution is 5.85. The van der Waals surface area contributed by atoms with Crippen molar-refractivity contribution in [1.29, 1.82) is 0 Å². The first-order valence-electron chi connectivity index (χ1n) is 9.38. The molecule has 3 aromatic rings. The highest BCUT2D eigenvalue weighted by atomic mass is 16.5. The van der Waals surface area contributed by atoms with Crippen LogP contribution in [0.3, 0.4) is 0 Å². The molecule has 3 rings (SSSR count). The number of para-hydroxylation sites is 1. The quantitative estimate of drug-likeness (QED) is 0.675. The average molecular weight is 394 g/mol. The fourth-order valence-corrected chi connectivity index (χ4v) is 2.71. The molecule has 0 bridgehead atoms. The molecule has 0 amide bonds. The summed E-state index contributed by atoms with van der Waals surface area (Å²) in [6, 6.07) is 12.6. The number of benzene rings is 2. The van der Waals surface area contributed by atoms with Crippen molar-refractivity contribution in [1.82, 2.24) is 9.66 Å². The molecule has 0 fully saturated rings. The van der Waals surface area contributed by atoms with Crippen LogP contribution in [0.5, 0.6) is 5.75 Å². The number of fused-ring (bicyclic) bond motifs is 1. The molecule has 29 heavy (non-hydrogen) atoms. The molecule has 0 saturated carbocycles. The molecule has 0 spiro atoms. The number of aromatic amines is 1. The largest absolute Gasteiger partial charge is 0.492 e. The minimum atomic E-state index is -0.591. The third-order valence-electron chi connectivity index (χ3n) is 4.27. The summed E-state index contributed by atoms with van der Waals surface area (Å²) in [5.74, 6) is 0.639. The fraction of sp³-hybridized carbons (Fsp3) is 0.318. The van der Waals surface area contributed by atoms with E-state index in [1.165, 1.54) is 6.21 Å². The van der Waals surface area contributed by atoms with Gasteiger partial charge < -0.3 is 14.6 Å². The molecule has 7 nitrogen and oxygen atoms in total. The Balaban J connectivity index is 2.03. The van der Waals surface area contributed by atoms with Crippen molar-refractivity contribution < 1.29 is 4.74 Å². The Labute approximate surface area is 169 Å². The van der Waals surface area contributed by atoms with Crippen LogP contribution < -0.4 is 20.9 Å². The molecule has 2 aromatic carbocycles. The molecule has 1 heterocycles. The lowest BCUT2D eigenvalue weighted by atomic mass is 9.98. The number of rotatable bonds is 5. The second-order valence-electron chi connectivity index (χ2n) is 8.30. The summed E-state index contributed by atoms with van der Waals surface area (Å²) in [4.78, 5) is 29.6. The summed E-state index contributed by atoms with van der Waals surface area (Å²) in [7, 11) is 3.90. The van der Waals surface area contributed by atoms with Crippen LogP contribution in [0, 0.1) is 5.41 Å². The number of nitrogens with zero attached hydrogens (tertiary/aromatic N) is 3. The third kappa shape index (κ3) is 4.74. The van der Waals surface area contributed by atoms with Crippen molar-refractivity contribution in [3.05, 3.63) is 68.9 Å². The molecule has 0 radical (unpaired) electrons. The van der Waals surface area contributed by atoms with Crippen LogP contribution in [0.2, 0.25) is 0 Å². The van der Waals surface area contributed by atoms with E-state index >= 15 is 0 Å². The molecule has 0 aliphatic carbocycles. The minimum Gasteiger partial charge on any atom is -0.492 e. The van der Waals surface area contributed by atoms with Crippen LogP contribution in [0.15, 0.2) is 57.2 Å². The summed E-state index contributed by atoms with van der Waals surface area (Å²) in [6.07, 6.45) is 1.48. The van der Waals surface area contributed by atoms with E-state index in [4.69, 9.17) is 4.74 Å². The van der Waals surface area contributed by atoms with Gasteiger partial charge in [-0.3, -0.25) is 4.79 Å². The van der Waals surface area contributed by atoms with E-state index in [1.54, 1.807) is 24.3 Å². The molecule has 1 aromatic heterocycles. The second-order valence-corrected chi connectivity index (χ2v) is 8.30. The maximum atomic E-state index is 12.6. The van der Waals surface area contributed by atoms with Crippen molar-refractivity contribution in [2.75, 3.05) is 25.6 Å². The second kappa shape index (κ2) is 7.95. The summed E-state index contributed by atoms with van der Waals surface area (Å²) in [5.41, 5.74) is 1.06. The number of hydrogen-bond acceptors (Lipinski definition) is 5. The third-order valence-corrected chi connectivity index (χ3v) is 4.27. The Morgan fingerprint density at radius 2 is 1.86 bits per heavy atom. The van der Waals surface area contributed by atoms with Gasteiger partial charge in [0, 0.05) is 31.4 Å². The van der Waals surface area contributed by atoms with Gasteiger partial charge in [-0.1, -0.05) is 32.9 Å². The summed E-state index contributed by atoms with van der Waals surface area (Å²) in [6.45, 7) is 6.78. The minimum absolute atomic E-state index is 0.0189. The highest BCUT2D eigenvalue weighted by Gasteiger charge is 2.14. The standard InChI is InChI=1S/C22H26N4O3/c1-22(2,3)14-29-19-12-16(25(4)5)11-10-15(19)13-23-26-20(27)17-8-6-7-9-18(17)24-21(26)28/h6-13H,14H2,1-5H3,(H,24,28). The van der Waals surface area contributed by atoms with Gasteiger partial charge in [0.2, 0.25) is 0 Å². The molecule has 0 aliphatic rings. The molecule has 0 atom stereocenters. The van der Waals surface area contributed by atoms with Gasteiger partial charge in [-0.2, -0.15) is 5.10 Å². The highest BCUT2D eigenvalue weighted by Crippen LogP contribution is 2.26. The average Bonchev–Trinajstić information content (AvgIpc) is 2.66. The van der Waals surface area contributed by atoms with Gasteiger partial charge in [-0.25, -0.2) is 4.79 Å². The van der Waals surface area contributed by atoms with Crippen molar-refractivity contribution in [2.24, 2.45) is 10.5 Å². The monoisotopic (exact) mass is 394 g/mol. The van der Waals surface area contributed by atoms with Crippen molar-refractivity contribution in [3.8, 4) is 5.75 Å². The van der Waals surface area contributed by atoms with Crippen LogP contribution in [0.1, 0.15) is 26.3 Å². The zero-order valence-corrected chi connectivity index (χ0v) is 17.4. The molecule has 7 heteroatoms. The maximum Gasteiger partial charge on any atom is 0.349 e. The summed E-state index contributed by atoms with van der Waals surface area (Å²) in [5, 5.41) is 4.55. The van der Waals surface area contributed by atoms with Gasteiger partial charge >= 0.3 is 5.69 Å². The lowest BCUT2D eigenvalue weighted by Gasteiger charge is -2.21. The van der Waals surface area contributed by atoms with Gasteiger partial charge in [-0.05, 0) is 29.7 Å². The van der Waals surface area contributed by atoms with Crippen molar-refractivity contribution >= 4 is 22.8 Å². The van der Waals surface area contributed by atoms with E-state index in [-0.39, 0.29) is 5.41 Å². The van der Waals surface area contributed by atoms with Crippen LogP contribution in [0.25, 0.3) is 10.9 Å². The predicted octanol–water partition coefficient (Wildman–Crippen LogP) is 3.06. The van der Waals surface area contributed by atoms with E-state index in [2.05, 4.69) is 30.9 Å². The van der Waals surface area contributed by atoms with E-state index in [9.17, 15) is 9.59 Å². The van der Waals surface area contributed by atoms with Gasteiger partial charge in [0.25, 0.3) is 5.56 Å². The van der Waals surface area contributed by atoms with Gasteiger partial charge in [0.05, 0.1) is 23.7 Å². The van der Waals surface area contributed by atoms with Crippen LogP contribution in [-0.2, 0) is 0 Å². The molecule has 152 valence electrons. The van der Waals surface area contributed by atoms with Crippen LogP contribution in [0.4, 0.5) is 5.69 Å². The number of aromatic nitrogens is 2. The van der Waals surface area contributed by atoms with Gasteiger partial charge in [0.1, 0.15) is 5.75 Å². The first kappa shape index (κ1) is 20.4. The van der Waals surface area contributed by atoms with E-state index in [1.807, 2.05) is 37.2 Å². The molecule has 0 aliphatic heterocycles. The van der Waals surface area contributed by atoms with E-state index < -0.39 is 11.2 Å². The fourth-order valence-electron chi connectivity index (χ4n) is 2.71. The summed E-state index contributed by atoms with van der Waals surface area (Å²) < 4.78 is 6.85. The lowest BCUT2D eigenvalue weighted by Crippen LogP contribution is -2.32. The molecular formula is C22H26N4O3. The number of H-pyrrole nitrogens is 1. The Bertz CT molecular complexity index is 1170. The zero-order valence-electron chi connectivity index (χ0n) is 17.4. The lowest BCUT2D eigenvalue weighted by molar-refractivity contribution is 0.198. The molecule has 1 N–H and O–H groups in total. The van der Waals surface area contributed by atoms with E-state index in [0.717, 1.165) is 10.4 Å². The summed E-state index contributed by atoms with van der Waals surface area (Å²) >= 11 is 0. The van der Waals surface area contributed by atoms with Gasteiger partial charge in [-0.15, -0.1) is 4.68 Å². The van der Waals surface area contributed by atoms with Crippen molar-refractivity contribution in [2.45, 2.75) is 20.8 Å². The van der Waals surface area contributed by atoms with Crippen LogP contribution in [-0.4, -0.2) is 36.6 Å². The van der Waals surface area contributed by atoms with Crippen molar-refractivity contribution in [3.63, 3.8) is 0 Å². The topological polar surface area (TPSA) is 79.7 Å². The Hall–Kier alpha value is -3.35. The Morgan fingerprint density at radius 3 is 2.55 bits per heavy atom. The first-order chi connectivity index (χ1) is 13.7. The smallest absolute Gasteiger partial charge is 0.349 e. The molecular weight excluding hydrogens is 368 g/mol. The number of nitrogens with one attached hydrogen (secondary N) is 1. The first-order valence-corrected chi connectivity index (χ1v) is 9.38. The maximum absolute atomic E-state index is 12.6. The number of hydrogen-bond donors (Lipinski definition) is 1. The zero-order chi connectivity index (χ0) is 21.2. The Morgan fingerprint density at radius 1 is 1.14 bits per heavy atom. The van der Waals surface area contributed by atoms with Gasteiger partial charge in [0.15, 0.2) is 0 Å². The Kier molecular flexibility index (Phi) is 5.59. The SMILES string of the molecule is CN(C)c1ccc(C=Nn2c(=O)[nH]c3ccccc3c2=O)c(OCC(C)(C)C)c1. The molecule has 0 unspecified atom stereocenters. The predicted molar refractivity (Wildman–Crippen MR) is 118 cm³/mol. The normalized spacial score (nSPS) is 11.9. The molecule has 0 saturated heterocycles. The number of anilines is 1. The number of ether oxygens (including phenoxy) is 1. The van der Waals surface area contributed by atoms with Crippen LogP contribution >= 0.6 is 0 Å².